The van der Waals surface area contributed by atoms with Crippen LogP contribution in [0.1, 0.15) is 34.8 Å². The molecular formula is C13H14OS. The molecule has 1 aliphatic carbocycles. The molecule has 0 amide bonds. The molecule has 0 N–H and O–H groups in total. The Bertz CT molecular complexity index is 436. The molecule has 0 saturated carbocycles. The van der Waals surface area contributed by atoms with Crippen molar-refractivity contribution in [3.63, 3.8) is 0 Å². The smallest absolute Gasteiger partial charge is 0.167 e. The van der Waals surface area contributed by atoms with Crippen molar-refractivity contribution in [1.29, 1.82) is 0 Å². The van der Waals surface area contributed by atoms with Gasteiger partial charge < -0.3 is 0 Å². The average Bonchev–Trinajstić information content (AvgIpc) is 2.68. The third-order valence-corrected chi connectivity index (χ3v) is 4.71. The first kappa shape index (κ1) is 9.46. The van der Waals surface area contributed by atoms with E-state index in [9.17, 15) is 4.79 Å². The van der Waals surface area contributed by atoms with E-state index < -0.39 is 0 Å². The maximum Gasteiger partial charge on any atom is 0.167 e. The van der Waals surface area contributed by atoms with E-state index >= 15 is 0 Å². The van der Waals surface area contributed by atoms with Crippen molar-refractivity contribution in [1.82, 2.24) is 0 Å². The number of benzene rings is 1. The molecule has 1 heterocycles. The maximum absolute atomic E-state index is 12.0. The molecule has 1 aliphatic heterocycles. The summed E-state index contributed by atoms with van der Waals surface area (Å²) in [7, 11) is 0. The van der Waals surface area contributed by atoms with Gasteiger partial charge in [-0.3, -0.25) is 4.79 Å². The van der Waals surface area contributed by atoms with E-state index in [1.807, 2.05) is 18.7 Å². The molecule has 3 rings (SSSR count). The molecule has 0 aromatic heterocycles. The van der Waals surface area contributed by atoms with Crippen LogP contribution < -0.4 is 0 Å². The molecule has 15 heavy (non-hydrogen) atoms. The van der Waals surface area contributed by atoms with E-state index in [0.717, 1.165) is 17.7 Å². The molecular weight excluding hydrogens is 204 g/mol. The summed E-state index contributed by atoms with van der Waals surface area (Å²) >= 11 is 1.85. The molecule has 1 atom stereocenters. The number of hydrogen-bond donors (Lipinski definition) is 0. The van der Waals surface area contributed by atoms with Gasteiger partial charge in [-0.15, -0.1) is 11.8 Å². The number of hydrogen-bond acceptors (Lipinski definition) is 2. The molecule has 0 fully saturated rings. The number of fused-ring (bicyclic) bond motifs is 2. The highest BCUT2D eigenvalue weighted by Gasteiger charge is 2.26. The largest absolute Gasteiger partial charge is 0.294 e. The van der Waals surface area contributed by atoms with Crippen molar-refractivity contribution >= 4 is 17.5 Å². The number of aryl methyl sites for hydroxylation is 2. The molecule has 1 nitrogen and oxygen atoms in total. The minimum absolute atomic E-state index is 0.196. The fraction of sp³-hybridized carbons (Fsp3) is 0.462. The summed E-state index contributed by atoms with van der Waals surface area (Å²) in [5.41, 5.74) is 3.87. The first-order chi connectivity index (χ1) is 7.25. The van der Waals surface area contributed by atoms with Gasteiger partial charge in [0.05, 0.1) is 0 Å². The fourth-order valence-electron chi connectivity index (χ4n) is 2.47. The van der Waals surface area contributed by atoms with Crippen LogP contribution in [0.15, 0.2) is 17.0 Å². The Labute approximate surface area is 94.3 Å². The molecule has 78 valence electrons. The second kappa shape index (κ2) is 3.38. The zero-order valence-corrected chi connectivity index (χ0v) is 9.69. The number of thioether (sulfide) groups is 1. The Morgan fingerprint density at radius 3 is 2.80 bits per heavy atom. The van der Waals surface area contributed by atoms with Crippen molar-refractivity contribution in [2.45, 2.75) is 31.1 Å². The van der Waals surface area contributed by atoms with E-state index in [4.69, 9.17) is 0 Å². The van der Waals surface area contributed by atoms with E-state index in [-0.39, 0.29) is 5.92 Å². The van der Waals surface area contributed by atoms with Crippen molar-refractivity contribution < 1.29 is 4.79 Å². The predicted molar refractivity (Wildman–Crippen MR) is 62.7 cm³/mol. The monoisotopic (exact) mass is 218 g/mol. The number of carbonyl (C=O) groups is 1. The lowest BCUT2D eigenvalue weighted by Gasteiger charge is -2.20. The van der Waals surface area contributed by atoms with Gasteiger partial charge in [0.15, 0.2) is 5.78 Å². The van der Waals surface area contributed by atoms with Crippen LogP contribution in [-0.2, 0) is 12.8 Å². The minimum atomic E-state index is 0.196. The number of Topliss-reactive ketones (excluding diaryl/α,β-unsaturated/α-hetero) is 1. The van der Waals surface area contributed by atoms with Crippen molar-refractivity contribution in [3.05, 3.63) is 28.8 Å². The maximum atomic E-state index is 12.0. The van der Waals surface area contributed by atoms with Gasteiger partial charge in [-0.2, -0.15) is 0 Å². The summed E-state index contributed by atoms with van der Waals surface area (Å²) in [4.78, 5) is 13.2. The summed E-state index contributed by atoms with van der Waals surface area (Å²) < 4.78 is 0. The Balaban J connectivity index is 2.14. The Hall–Kier alpha value is -0.760. The lowest BCUT2D eigenvalue weighted by molar-refractivity contribution is 0.0936. The van der Waals surface area contributed by atoms with Crippen LogP contribution >= 0.6 is 11.8 Å². The van der Waals surface area contributed by atoms with Crippen LogP contribution in [-0.4, -0.2) is 11.5 Å². The average molecular weight is 218 g/mol. The zero-order valence-electron chi connectivity index (χ0n) is 8.88. The van der Waals surface area contributed by atoms with Gasteiger partial charge in [-0.1, -0.05) is 6.92 Å². The lowest BCUT2D eigenvalue weighted by atomic mass is 9.97. The van der Waals surface area contributed by atoms with E-state index in [1.54, 1.807) is 0 Å². The molecule has 1 unspecified atom stereocenters. The van der Waals surface area contributed by atoms with Gasteiger partial charge in [0.25, 0.3) is 0 Å². The van der Waals surface area contributed by atoms with E-state index in [1.165, 1.54) is 28.9 Å². The number of ketones is 1. The van der Waals surface area contributed by atoms with Gasteiger partial charge in [-0.25, -0.2) is 0 Å². The van der Waals surface area contributed by atoms with Crippen LogP contribution in [0.4, 0.5) is 0 Å². The van der Waals surface area contributed by atoms with Crippen molar-refractivity contribution in [2.24, 2.45) is 5.92 Å². The van der Waals surface area contributed by atoms with Crippen LogP contribution in [0.2, 0.25) is 0 Å². The molecule has 1 aromatic carbocycles. The normalized spacial score (nSPS) is 23.8. The van der Waals surface area contributed by atoms with E-state index in [0.29, 0.717) is 5.78 Å². The van der Waals surface area contributed by atoms with Gasteiger partial charge in [0.1, 0.15) is 0 Å². The summed E-state index contributed by atoms with van der Waals surface area (Å²) in [5, 5.41) is 0. The first-order valence-corrected chi connectivity index (χ1v) is 6.57. The second-order valence-electron chi connectivity index (χ2n) is 4.55. The van der Waals surface area contributed by atoms with Crippen molar-refractivity contribution in [3.8, 4) is 0 Å². The van der Waals surface area contributed by atoms with E-state index in [2.05, 4.69) is 12.1 Å². The quantitative estimate of drug-likeness (QED) is 0.665. The zero-order chi connectivity index (χ0) is 10.4. The highest BCUT2D eigenvalue weighted by atomic mass is 32.2. The topological polar surface area (TPSA) is 17.1 Å². The standard InChI is InChI=1S/C13H14OS/c1-8-7-15-12-6-10-4-2-3-9(10)5-11(12)13(8)14/h5-6,8H,2-4,7H2,1H3. The van der Waals surface area contributed by atoms with Crippen LogP contribution in [0.25, 0.3) is 0 Å². The predicted octanol–water partition coefficient (Wildman–Crippen LogP) is 3.10. The third kappa shape index (κ3) is 1.43. The fourth-order valence-corrected chi connectivity index (χ4v) is 3.59. The third-order valence-electron chi connectivity index (χ3n) is 3.40. The first-order valence-electron chi connectivity index (χ1n) is 5.58. The van der Waals surface area contributed by atoms with Gasteiger partial charge in [0.2, 0.25) is 0 Å². The van der Waals surface area contributed by atoms with Gasteiger partial charge in [-0.05, 0) is 42.5 Å². The Morgan fingerprint density at radius 2 is 2.00 bits per heavy atom. The summed E-state index contributed by atoms with van der Waals surface area (Å²) in [6, 6.07) is 4.41. The second-order valence-corrected chi connectivity index (χ2v) is 5.61. The number of rotatable bonds is 0. The molecule has 2 heteroatoms. The SMILES string of the molecule is CC1CSc2cc3c(cc2C1=O)CCC3. The van der Waals surface area contributed by atoms with Crippen LogP contribution in [0, 0.1) is 5.92 Å². The van der Waals surface area contributed by atoms with Crippen molar-refractivity contribution in [2.75, 3.05) is 5.75 Å². The van der Waals surface area contributed by atoms with Crippen LogP contribution in [0.3, 0.4) is 0 Å². The number of carbonyl (C=O) groups excluding carboxylic acids is 1. The minimum Gasteiger partial charge on any atom is -0.294 e. The summed E-state index contributed by atoms with van der Waals surface area (Å²) in [6.45, 7) is 2.03. The lowest BCUT2D eigenvalue weighted by Crippen LogP contribution is -2.19. The Morgan fingerprint density at radius 1 is 1.27 bits per heavy atom. The highest BCUT2D eigenvalue weighted by Crippen LogP contribution is 2.36. The Kier molecular flexibility index (Phi) is 2.13. The van der Waals surface area contributed by atoms with Gasteiger partial charge in [0, 0.05) is 22.1 Å². The molecule has 0 spiro atoms. The molecule has 0 radical (unpaired) electrons. The molecule has 0 saturated heterocycles. The summed E-state index contributed by atoms with van der Waals surface area (Å²) in [6.07, 6.45) is 3.62. The molecule has 0 bridgehead atoms. The molecule has 2 aliphatic rings. The highest BCUT2D eigenvalue weighted by molar-refractivity contribution is 7.99. The van der Waals surface area contributed by atoms with Crippen LogP contribution in [0.5, 0.6) is 0 Å². The van der Waals surface area contributed by atoms with Gasteiger partial charge >= 0.3 is 0 Å². The molecule has 1 aromatic rings. The summed E-state index contributed by atoms with van der Waals surface area (Å²) in [5.74, 6) is 1.49.